The molecule has 0 spiro atoms. The minimum atomic E-state index is -0.710. The number of hydrogen-bond acceptors (Lipinski definition) is 0. The van der Waals surface area contributed by atoms with Gasteiger partial charge in [0.05, 0.1) is 0 Å². The summed E-state index contributed by atoms with van der Waals surface area (Å²) in [5.41, 5.74) is 17.1. The first-order valence-electron chi connectivity index (χ1n) is 15.0. The Morgan fingerprint density at radius 2 is 0.512 bits per heavy atom. The lowest BCUT2D eigenvalue weighted by molar-refractivity contribution is 1.00. The molecule has 2 heteroatoms. The van der Waals surface area contributed by atoms with E-state index in [-0.39, 0.29) is 4.90 Å². The number of aryl methyl sites for hydroxylation is 4. The van der Waals surface area contributed by atoms with Gasteiger partial charge in [-0.1, -0.05) is 62.4 Å². The van der Waals surface area contributed by atoms with Gasteiger partial charge in [-0.15, -0.1) is 0 Å². The first kappa shape index (κ1) is 31.7. The van der Waals surface area contributed by atoms with Crippen molar-refractivity contribution in [3.8, 4) is 0 Å². The Morgan fingerprint density at radius 1 is 0.317 bits per heavy atom. The summed E-state index contributed by atoms with van der Waals surface area (Å²) >= 11 is 0. The first-order valence-corrected chi connectivity index (χ1v) is 17.7. The molecule has 216 valence electrons. The quantitative estimate of drug-likeness (QED) is 0.199. The zero-order valence-corrected chi connectivity index (χ0v) is 29.8. The van der Waals surface area contributed by atoms with Crippen LogP contribution in [0.3, 0.4) is 0 Å². The summed E-state index contributed by atoms with van der Waals surface area (Å²) in [6.45, 7) is 32.9. The molecule has 0 aliphatic carbocycles. The van der Waals surface area contributed by atoms with Gasteiger partial charge in [0.25, 0.3) is 0 Å². The molecule has 0 atom stereocenters. The van der Waals surface area contributed by atoms with Crippen LogP contribution in [0.1, 0.15) is 80.6 Å². The normalized spacial score (nSPS) is 12.1. The van der Waals surface area contributed by atoms with Crippen LogP contribution in [-0.4, -0.2) is 4.90 Å². The van der Waals surface area contributed by atoms with E-state index in [2.05, 4.69) is 145 Å². The van der Waals surface area contributed by atoms with Crippen molar-refractivity contribution in [3.63, 3.8) is 0 Å². The zero-order chi connectivity index (χ0) is 30.5. The van der Waals surface area contributed by atoms with Crippen LogP contribution in [0.5, 0.6) is 0 Å². The van der Waals surface area contributed by atoms with E-state index < -0.39 is 15.8 Å². The van der Waals surface area contributed by atoms with Gasteiger partial charge in [0.2, 0.25) is 0 Å². The fourth-order valence-electron chi connectivity index (χ4n) is 6.27. The topological polar surface area (TPSA) is 0 Å². The standard InChI is InChI=1S/C39H50P2/c1-23-15-19-35(31(9)27(23)5)40(36-20-16-24(2)28(6)32(36)10)39(13,14)41(37-21-17-25(3)29(7)33(37)11)38-22-18-26(4)30(8)34(38)12/h15-22H,1-14H3. The number of benzene rings is 4. The number of hydrogen-bond donors (Lipinski definition) is 0. The third-order valence-electron chi connectivity index (χ3n) is 10.2. The van der Waals surface area contributed by atoms with Crippen LogP contribution in [-0.2, 0) is 0 Å². The van der Waals surface area contributed by atoms with Gasteiger partial charge in [-0.25, -0.2) is 0 Å². The maximum absolute atomic E-state index is 2.59. The molecule has 0 aromatic heterocycles. The second-order valence-electron chi connectivity index (χ2n) is 12.8. The molecule has 0 aliphatic rings. The Balaban J connectivity index is 2.16. The lowest BCUT2D eigenvalue weighted by Crippen LogP contribution is -2.37. The smallest absolute Gasteiger partial charge is 0.0211 e. The zero-order valence-electron chi connectivity index (χ0n) is 28.0. The van der Waals surface area contributed by atoms with Gasteiger partial charge in [0.15, 0.2) is 0 Å². The maximum Gasteiger partial charge on any atom is 0.0211 e. The predicted molar refractivity (Wildman–Crippen MR) is 189 cm³/mol. The van der Waals surface area contributed by atoms with E-state index in [0.29, 0.717) is 0 Å². The SMILES string of the molecule is Cc1ccc(P(c2ccc(C)c(C)c2C)C(C)(C)P(c2ccc(C)c(C)c2C)c2ccc(C)c(C)c2C)c(C)c1C. The van der Waals surface area contributed by atoms with Gasteiger partial charge in [-0.2, -0.15) is 0 Å². The molecule has 41 heavy (non-hydrogen) atoms. The minimum absolute atomic E-state index is 0.0114. The maximum atomic E-state index is 2.59. The molecule has 4 rings (SSSR count). The van der Waals surface area contributed by atoms with Gasteiger partial charge < -0.3 is 0 Å². The third kappa shape index (κ3) is 5.49. The Labute approximate surface area is 253 Å². The Bertz CT molecular complexity index is 1400. The molecule has 0 saturated heterocycles. The van der Waals surface area contributed by atoms with Crippen molar-refractivity contribution in [1.29, 1.82) is 0 Å². The molecule has 0 bridgehead atoms. The molecular weight excluding hydrogens is 530 g/mol. The van der Waals surface area contributed by atoms with Crippen LogP contribution in [0.2, 0.25) is 0 Å². The first-order chi connectivity index (χ1) is 19.1. The highest BCUT2D eigenvalue weighted by Gasteiger charge is 2.43. The molecule has 4 aromatic carbocycles. The summed E-state index contributed by atoms with van der Waals surface area (Å²) in [5, 5.41) is 6.15. The van der Waals surface area contributed by atoms with Crippen LogP contribution < -0.4 is 21.2 Å². The van der Waals surface area contributed by atoms with Gasteiger partial charge >= 0.3 is 0 Å². The van der Waals surface area contributed by atoms with E-state index in [1.54, 1.807) is 0 Å². The molecule has 0 heterocycles. The highest BCUT2D eigenvalue weighted by molar-refractivity contribution is 7.91. The van der Waals surface area contributed by atoms with Gasteiger partial charge in [0, 0.05) is 4.90 Å². The lowest BCUT2D eigenvalue weighted by atomic mass is 10.0. The van der Waals surface area contributed by atoms with Crippen molar-refractivity contribution in [2.24, 2.45) is 0 Å². The Hall–Kier alpha value is -2.26. The molecule has 4 aromatic rings. The van der Waals surface area contributed by atoms with Gasteiger partial charge in [0.1, 0.15) is 0 Å². The van der Waals surface area contributed by atoms with E-state index in [4.69, 9.17) is 0 Å². The van der Waals surface area contributed by atoms with Crippen LogP contribution in [0.15, 0.2) is 48.5 Å². The summed E-state index contributed by atoms with van der Waals surface area (Å²) in [5.74, 6) is 0. The van der Waals surface area contributed by atoms with Gasteiger partial charge in [-0.3, -0.25) is 0 Å². The Morgan fingerprint density at radius 3 is 0.707 bits per heavy atom. The van der Waals surface area contributed by atoms with Gasteiger partial charge in [-0.05, 0) is 187 Å². The highest BCUT2D eigenvalue weighted by atomic mass is 31.2. The van der Waals surface area contributed by atoms with Crippen molar-refractivity contribution in [3.05, 3.63) is 115 Å². The van der Waals surface area contributed by atoms with Crippen molar-refractivity contribution in [2.45, 2.75) is 102 Å². The average molecular weight is 581 g/mol. The lowest BCUT2D eigenvalue weighted by Gasteiger charge is -2.45. The van der Waals surface area contributed by atoms with Crippen molar-refractivity contribution in [2.75, 3.05) is 0 Å². The number of rotatable bonds is 6. The van der Waals surface area contributed by atoms with E-state index in [0.717, 1.165) is 0 Å². The summed E-state index contributed by atoms with van der Waals surface area (Å²) in [4.78, 5) is -0.0114. The molecule has 0 saturated carbocycles. The molecule has 0 fully saturated rings. The fraction of sp³-hybridized carbons (Fsp3) is 0.385. The van der Waals surface area contributed by atoms with Crippen molar-refractivity contribution < 1.29 is 0 Å². The van der Waals surface area contributed by atoms with Crippen LogP contribution in [0.4, 0.5) is 0 Å². The summed E-state index contributed by atoms with van der Waals surface area (Å²) < 4.78 is 0. The van der Waals surface area contributed by atoms with E-state index in [1.165, 1.54) is 88.0 Å². The molecule has 0 radical (unpaired) electrons. The van der Waals surface area contributed by atoms with E-state index in [1.807, 2.05) is 0 Å². The van der Waals surface area contributed by atoms with Crippen LogP contribution >= 0.6 is 15.8 Å². The van der Waals surface area contributed by atoms with E-state index >= 15 is 0 Å². The molecule has 0 N–H and O–H groups in total. The summed E-state index contributed by atoms with van der Waals surface area (Å²) in [6.07, 6.45) is 0. The average Bonchev–Trinajstić information content (AvgIpc) is 2.92. The molecular formula is C39H50P2. The molecule has 0 unspecified atom stereocenters. The van der Waals surface area contributed by atoms with Crippen LogP contribution in [0.25, 0.3) is 0 Å². The minimum Gasteiger partial charge on any atom is -0.0584 e. The van der Waals surface area contributed by atoms with Crippen LogP contribution in [0, 0.1) is 83.1 Å². The van der Waals surface area contributed by atoms with Crippen molar-refractivity contribution in [1.82, 2.24) is 0 Å². The highest BCUT2D eigenvalue weighted by Crippen LogP contribution is 2.66. The predicted octanol–water partition coefficient (Wildman–Crippen LogP) is 9.69. The second kappa shape index (κ2) is 11.8. The largest absolute Gasteiger partial charge is 0.0584 e. The molecule has 0 amide bonds. The monoisotopic (exact) mass is 580 g/mol. The fourth-order valence-corrected chi connectivity index (χ4v) is 14.2. The Kier molecular flexibility index (Phi) is 9.11. The van der Waals surface area contributed by atoms with E-state index in [9.17, 15) is 0 Å². The third-order valence-corrected chi connectivity index (χ3v) is 17.4. The second-order valence-corrected chi connectivity index (χ2v) is 18.6. The van der Waals surface area contributed by atoms with Crippen molar-refractivity contribution >= 4 is 37.1 Å². The molecule has 0 nitrogen and oxygen atoms in total. The summed E-state index contributed by atoms with van der Waals surface area (Å²) in [6, 6.07) is 19.3. The molecule has 0 aliphatic heterocycles. The summed E-state index contributed by atoms with van der Waals surface area (Å²) in [7, 11) is -1.42.